The van der Waals surface area contributed by atoms with Crippen LogP contribution in [0.2, 0.25) is 0 Å². The fourth-order valence-electron chi connectivity index (χ4n) is 3.83. The lowest BCUT2D eigenvalue weighted by molar-refractivity contribution is 0.0699. The number of carboxylic acid groups (broad SMARTS) is 1. The molecule has 6 heteroatoms. The second-order valence-corrected chi connectivity index (χ2v) is 7.37. The second kappa shape index (κ2) is 8.00. The van der Waals surface area contributed by atoms with Crippen molar-refractivity contribution in [3.8, 4) is 0 Å². The zero-order chi connectivity index (χ0) is 22.1. The van der Waals surface area contributed by atoms with Gasteiger partial charge in [0.05, 0.1) is 27.6 Å². The first kappa shape index (κ1) is 19.5. The van der Waals surface area contributed by atoms with Crippen molar-refractivity contribution in [1.29, 1.82) is 0 Å². The molecule has 0 bridgehead atoms. The highest BCUT2D eigenvalue weighted by Gasteiger charge is 2.11. The smallest absolute Gasteiger partial charge is 0.336 e. The molecule has 4 aromatic heterocycles. The number of pyridine rings is 4. The molecule has 154 valence electrons. The summed E-state index contributed by atoms with van der Waals surface area (Å²) in [5.41, 5.74) is 4.83. The Hall–Kier alpha value is -4.45. The maximum atomic E-state index is 11.1. The standard InChI is InChI=1S/C13H8N2O2.C13H10N2/c16-13(17)10-5-7-15-12-9(10)4-3-8-2-1-6-14-11(8)12;1-9-6-8-15-13-11(9)5-4-10-3-2-7-14-12(10)13/h1-7H,(H,16,17);2-8H,1H3. The van der Waals surface area contributed by atoms with Crippen LogP contribution in [-0.4, -0.2) is 31.0 Å². The van der Waals surface area contributed by atoms with Gasteiger partial charge in [-0.1, -0.05) is 36.4 Å². The lowest BCUT2D eigenvalue weighted by Gasteiger charge is -2.04. The van der Waals surface area contributed by atoms with Crippen molar-refractivity contribution >= 4 is 49.6 Å². The molecule has 32 heavy (non-hydrogen) atoms. The Morgan fingerprint density at radius 3 is 1.78 bits per heavy atom. The zero-order valence-electron chi connectivity index (χ0n) is 17.2. The van der Waals surface area contributed by atoms with Gasteiger partial charge < -0.3 is 5.11 Å². The number of fused-ring (bicyclic) bond motifs is 6. The van der Waals surface area contributed by atoms with Crippen molar-refractivity contribution in [3.05, 3.63) is 96.6 Å². The number of aromatic nitrogens is 4. The van der Waals surface area contributed by atoms with Gasteiger partial charge in [-0.25, -0.2) is 4.79 Å². The van der Waals surface area contributed by atoms with Gasteiger partial charge in [0.1, 0.15) is 0 Å². The first-order chi connectivity index (χ1) is 15.6. The van der Waals surface area contributed by atoms with Crippen molar-refractivity contribution in [2.24, 2.45) is 0 Å². The van der Waals surface area contributed by atoms with Gasteiger partial charge in [0, 0.05) is 46.3 Å². The summed E-state index contributed by atoms with van der Waals surface area (Å²) in [7, 11) is 0. The van der Waals surface area contributed by atoms with Crippen LogP contribution in [-0.2, 0) is 0 Å². The fourth-order valence-corrected chi connectivity index (χ4v) is 3.83. The number of benzene rings is 2. The summed E-state index contributed by atoms with van der Waals surface area (Å²) in [6.45, 7) is 2.10. The predicted molar refractivity (Wildman–Crippen MR) is 126 cm³/mol. The summed E-state index contributed by atoms with van der Waals surface area (Å²) in [5.74, 6) is -0.951. The van der Waals surface area contributed by atoms with Crippen molar-refractivity contribution in [2.75, 3.05) is 0 Å². The molecule has 2 aromatic carbocycles. The lowest BCUT2D eigenvalue weighted by atomic mass is 10.1. The average Bonchev–Trinajstić information content (AvgIpc) is 2.84. The predicted octanol–water partition coefficient (Wildman–Crippen LogP) is 5.57. The molecule has 0 aliphatic rings. The first-order valence-electron chi connectivity index (χ1n) is 10.1. The number of hydrogen-bond donors (Lipinski definition) is 1. The first-order valence-corrected chi connectivity index (χ1v) is 10.1. The lowest BCUT2D eigenvalue weighted by Crippen LogP contribution is -1.98. The van der Waals surface area contributed by atoms with E-state index in [0.29, 0.717) is 10.9 Å². The molecule has 0 amide bonds. The Balaban J connectivity index is 0.000000136. The van der Waals surface area contributed by atoms with E-state index in [2.05, 4.69) is 45.1 Å². The summed E-state index contributed by atoms with van der Waals surface area (Å²) in [6.07, 6.45) is 6.83. The van der Waals surface area contributed by atoms with Crippen molar-refractivity contribution in [2.45, 2.75) is 6.92 Å². The van der Waals surface area contributed by atoms with Crippen LogP contribution in [0.1, 0.15) is 15.9 Å². The zero-order valence-corrected chi connectivity index (χ0v) is 17.2. The number of hydrogen-bond acceptors (Lipinski definition) is 5. The minimum Gasteiger partial charge on any atom is -0.478 e. The molecule has 4 heterocycles. The van der Waals surface area contributed by atoms with Crippen molar-refractivity contribution in [1.82, 2.24) is 19.9 Å². The van der Waals surface area contributed by atoms with Crippen LogP contribution in [0, 0.1) is 6.92 Å². The molecule has 0 aliphatic carbocycles. The van der Waals surface area contributed by atoms with Crippen LogP contribution < -0.4 is 0 Å². The molecule has 0 saturated carbocycles. The highest BCUT2D eigenvalue weighted by Crippen LogP contribution is 2.25. The van der Waals surface area contributed by atoms with Gasteiger partial charge in [-0.15, -0.1) is 0 Å². The summed E-state index contributed by atoms with van der Waals surface area (Å²) in [6, 6.07) is 19.1. The maximum Gasteiger partial charge on any atom is 0.336 e. The molecule has 0 aliphatic heterocycles. The molecule has 0 saturated heterocycles. The second-order valence-electron chi connectivity index (χ2n) is 7.37. The maximum absolute atomic E-state index is 11.1. The van der Waals surface area contributed by atoms with Gasteiger partial charge in [-0.2, -0.15) is 0 Å². The van der Waals surface area contributed by atoms with E-state index in [1.165, 1.54) is 23.2 Å². The Morgan fingerprint density at radius 2 is 1.16 bits per heavy atom. The van der Waals surface area contributed by atoms with Gasteiger partial charge in [-0.3, -0.25) is 19.9 Å². The molecule has 0 spiro atoms. The highest BCUT2D eigenvalue weighted by molar-refractivity contribution is 6.10. The summed E-state index contributed by atoms with van der Waals surface area (Å²) in [4.78, 5) is 28.4. The Morgan fingerprint density at radius 1 is 0.625 bits per heavy atom. The van der Waals surface area contributed by atoms with E-state index in [9.17, 15) is 4.79 Å². The Kier molecular flexibility index (Phi) is 4.88. The SMILES string of the molecule is Cc1ccnc2c1ccc1cccnc12.O=C(O)c1ccnc2c1ccc1cccnc12. The number of carboxylic acids is 1. The molecule has 0 fully saturated rings. The minimum atomic E-state index is -0.951. The highest BCUT2D eigenvalue weighted by atomic mass is 16.4. The quantitative estimate of drug-likeness (QED) is 0.351. The van der Waals surface area contributed by atoms with Crippen LogP contribution >= 0.6 is 0 Å². The van der Waals surface area contributed by atoms with E-state index in [-0.39, 0.29) is 5.56 Å². The van der Waals surface area contributed by atoms with Crippen LogP contribution in [0.25, 0.3) is 43.6 Å². The fraction of sp³-hybridized carbons (Fsp3) is 0.0385. The molecule has 0 unspecified atom stereocenters. The molecule has 0 atom stereocenters. The Bertz CT molecular complexity index is 1630. The van der Waals surface area contributed by atoms with E-state index < -0.39 is 5.97 Å². The summed E-state index contributed by atoms with van der Waals surface area (Å²) < 4.78 is 0. The largest absolute Gasteiger partial charge is 0.478 e. The number of aryl methyl sites for hydroxylation is 1. The average molecular weight is 418 g/mol. The van der Waals surface area contributed by atoms with Gasteiger partial charge in [0.15, 0.2) is 0 Å². The van der Waals surface area contributed by atoms with Gasteiger partial charge in [0.2, 0.25) is 0 Å². The van der Waals surface area contributed by atoms with Gasteiger partial charge in [-0.05, 0) is 36.8 Å². The molecule has 0 radical (unpaired) electrons. The summed E-state index contributed by atoms with van der Waals surface area (Å²) in [5, 5.41) is 13.0. The number of carbonyl (C=O) groups is 1. The normalized spacial score (nSPS) is 10.9. The molecule has 6 nitrogen and oxygen atoms in total. The number of nitrogens with zero attached hydrogens (tertiary/aromatic N) is 4. The Labute approximate surface area is 183 Å². The number of aromatic carboxylic acids is 1. The molecular formula is C26H18N4O2. The van der Waals surface area contributed by atoms with Crippen LogP contribution in [0.4, 0.5) is 0 Å². The van der Waals surface area contributed by atoms with Crippen LogP contribution in [0.3, 0.4) is 0 Å². The molecule has 6 rings (SSSR count). The van der Waals surface area contributed by atoms with Gasteiger partial charge >= 0.3 is 5.97 Å². The van der Waals surface area contributed by atoms with E-state index in [1.54, 1.807) is 12.3 Å². The van der Waals surface area contributed by atoms with Crippen molar-refractivity contribution in [3.63, 3.8) is 0 Å². The van der Waals surface area contributed by atoms with E-state index >= 15 is 0 Å². The number of rotatable bonds is 1. The third kappa shape index (κ3) is 3.37. The topological polar surface area (TPSA) is 88.9 Å². The van der Waals surface area contributed by atoms with E-state index in [1.807, 2.05) is 42.7 Å². The van der Waals surface area contributed by atoms with Crippen LogP contribution in [0.5, 0.6) is 0 Å². The minimum absolute atomic E-state index is 0.252. The summed E-state index contributed by atoms with van der Waals surface area (Å²) >= 11 is 0. The van der Waals surface area contributed by atoms with Gasteiger partial charge in [0.25, 0.3) is 0 Å². The van der Waals surface area contributed by atoms with E-state index in [0.717, 1.165) is 27.3 Å². The monoisotopic (exact) mass is 418 g/mol. The third-order valence-electron chi connectivity index (χ3n) is 5.41. The third-order valence-corrected chi connectivity index (χ3v) is 5.41. The van der Waals surface area contributed by atoms with Crippen LogP contribution in [0.15, 0.2) is 85.5 Å². The molecular weight excluding hydrogens is 400 g/mol. The van der Waals surface area contributed by atoms with E-state index in [4.69, 9.17) is 5.11 Å². The molecule has 1 N–H and O–H groups in total. The molecule has 6 aromatic rings. The van der Waals surface area contributed by atoms with Crippen molar-refractivity contribution < 1.29 is 9.90 Å².